The lowest BCUT2D eigenvalue weighted by Crippen LogP contribution is -2.17. The van der Waals surface area contributed by atoms with Gasteiger partial charge in [-0.2, -0.15) is 0 Å². The summed E-state index contributed by atoms with van der Waals surface area (Å²) in [5, 5.41) is 0. The number of rotatable bonds is 3. The molecule has 1 rings (SSSR count). The average molecular weight is 178 g/mol. The molecule has 0 saturated carbocycles. The van der Waals surface area contributed by atoms with Crippen molar-refractivity contribution in [1.82, 2.24) is 9.97 Å². The van der Waals surface area contributed by atoms with Gasteiger partial charge in [-0.1, -0.05) is 27.2 Å². The molecular formula is C11H18N2. The van der Waals surface area contributed by atoms with E-state index in [9.17, 15) is 0 Å². The number of aryl methyl sites for hydroxylation is 1. The fourth-order valence-electron chi connectivity index (χ4n) is 1.51. The molecule has 0 aromatic carbocycles. The van der Waals surface area contributed by atoms with Gasteiger partial charge in [0, 0.05) is 12.4 Å². The molecule has 0 atom stereocenters. The van der Waals surface area contributed by atoms with Gasteiger partial charge in [-0.3, -0.25) is 0 Å². The summed E-state index contributed by atoms with van der Waals surface area (Å²) in [7, 11) is 0. The molecular weight excluding hydrogens is 160 g/mol. The van der Waals surface area contributed by atoms with Crippen LogP contribution in [0.1, 0.15) is 45.0 Å². The number of nitrogens with zero attached hydrogens (tertiary/aromatic N) is 2. The van der Waals surface area contributed by atoms with Crippen LogP contribution in [0.25, 0.3) is 0 Å². The average Bonchev–Trinajstić information content (AvgIpc) is 2.05. The molecule has 0 radical (unpaired) electrons. The minimum absolute atomic E-state index is 0.211. The monoisotopic (exact) mass is 178 g/mol. The molecule has 0 N–H and O–H groups in total. The highest BCUT2D eigenvalue weighted by atomic mass is 14.8. The molecule has 72 valence electrons. The summed E-state index contributed by atoms with van der Waals surface area (Å²) in [5.74, 6) is 0.844. The van der Waals surface area contributed by atoms with Gasteiger partial charge in [0.2, 0.25) is 0 Å². The second-order valence-corrected chi connectivity index (χ2v) is 4.15. The normalized spacial score (nSPS) is 11.7. The van der Waals surface area contributed by atoms with Crippen LogP contribution in [0.4, 0.5) is 0 Å². The van der Waals surface area contributed by atoms with Crippen molar-refractivity contribution in [2.45, 2.75) is 46.0 Å². The second kappa shape index (κ2) is 3.86. The third kappa shape index (κ3) is 2.51. The Morgan fingerprint density at radius 1 is 1.23 bits per heavy atom. The van der Waals surface area contributed by atoms with Gasteiger partial charge in [-0.05, 0) is 24.3 Å². The Morgan fingerprint density at radius 3 is 2.23 bits per heavy atom. The lowest BCUT2D eigenvalue weighted by molar-refractivity contribution is 0.469. The summed E-state index contributed by atoms with van der Waals surface area (Å²) < 4.78 is 0. The highest BCUT2D eigenvalue weighted by Gasteiger charge is 2.19. The summed E-state index contributed by atoms with van der Waals surface area (Å²) in [6.45, 7) is 8.60. The molecule has 1 aromatic heterocycles. The van der Waals surface area contributed by atoms with Gasteiger partial charge in [0.25, 0.3) is 0 Å². The van der Waals surface area contributed by atoms with E-state index >= 15 is 0 Å². The van der Waals surface area contributed by atoms with Crippen molar-refractivity contribution in [1.29, 1.82) is 0 Å². The summed E-state index contributed by atoms with van der Waals surface area (Å²) in [4.78, 5) is 8.43. The Hall–Kier alpha value is -0.920. The minimum Gasteiger partial charge on any atom is -0.241 e. The first-order valence-corrected chi connectivity index (χ1v) is 4.85. The van der Waals surface area contributed by atoms with Crippen LogP contribution in [0, 0.1) is 6.92 Å². The van der Waals surface area contributed by atoms with E-state index in [0.717, 1.165) is 5.82 Å². The highest BCUT2D eigenvalue weighted by molar-refractivity contribution is 5.16. The standard InChI is InChI=1S/C11H18N2/c1-5-6-11(3,4)10-7-12-9(2)13-8-10/h7-8H,5-6H2,1-4H3. The van der Waals surface area contributed by atoms with Gasteiger partial charge in [0.1, 0.15) is 5.82 Å². The Kier molecular flexibility index (Phi) is 3.02. The van der Waals surface area contributed by atoms with Crippen molar-refractivity contribution in [2.75, 3.05) is 0 Å². The molecule has 13 heavy (non-hydrogen) atoms. The van der Waals surface area contributed by atoms with Crippen LogP contribution >= 0.6 is 0 Å². The van der Waals surface area contributed by atoms with Gasteiger partial charge >= 0.3 is 0 Å². The maximum atomic E-state index is 4.22. The molecule has 0 aliphatic rings. The van der Waals surface area contributed by atoms with E-state index in [1.54, 1.807) is 0 Å². The van der Waals surface area contributed by atoms with Gasteiger partial charge in [-0.25, -0.2) is 9.97 Å². The molecule has 0 fully saturated rings. The van der Waals surface area contributed by atoms with Crippen LogP contribution in [0.5, 0.6) is 0 Å². The Morgan fingerprint density at radius 2 is 1.77 bits per heavy atom. The predicted octanol–water partition coefficient (Wildman–Crippen LogP) is 2.86. The van der Waals surface area contributed by atoms with E-state index in [-0.39, 0.29) is 5.41 Å². The highest BCUT2D eigenvalue weighted by Crippen LogP contribution is 2.26. The first kappa shape index (κ1) is 10.2. The van der Waals surface area contributed by atoms with Crippen molar-refractivity contribution in [3.63, 3.8) is 0 Å². The molecule has 0 saturated heterocycles. The molecule has 1 heterocycles. The van der Waals surface area contributed by atoms with Crippen molar-refractivity contribution in [3.8, 4) is 0 Å². The van der Waals surface area contributed by atoms with E-state index in [0.29, 0.717) is 0 Å². The number of aromatic nitrogens is 2. The molecule has 0 unspecified atom stereocenters. The van der Waals surface area contributed by atoms with Crippen molar-refractivity contribution < 1.29 is 0 Å². The van der Waals surface area contributed by atoms with Crippen molar-refractivity contribution >= 4 is 0 Å². The molecule has 0 amide bonds. The molecule has 0 bridgehead atoms. The lowest BCUT2D eigenvalue weighted by atomic mass is 9.82. The van der Waals surface area contributed by atoms with E-state index < -0.39 is 0 Å². The molecule has 0 aliphatic carbocycles. The molecule has 0 aliphatic heterocycles. The zero-order chi connectivity index (χ0) is 9.90. The second-order valence-electron chi connectivity index (χ2n) is 4.15. The van der Waals surface area contributed by atoms with Crippen LogP contribution in [-0.4, -0.2) is 9.97 Å². The summed E-state index contributed by atoms with van der Waals surface area (Å²) in [5.41, 5.74) is 1.45. The maximum Gasteiger partial charge on any atom is 0.125 e. The Bertz CT molecular complexity index is 262. The summed E-state index contributed by atoms with van der Waals surface area (Å²) in [6, 6.07) is 0. The maximum absolute atomic E-state index is 4.22. The summed E-state index contributed by atoms with van der Waals surface area (Å²) >= 11 is 0. The van der Waals surface area contributed by atoms with Crippen LogP contribution in [0.2, 0.25) is 0 Å². The van der Waals surface area contributed by atoms with Crippen molar-refractivity contribution in [2.24, 2.45) is 0 Å². The Labute approximate surface area is 80.4 Å². The van der Waals surface area contributed by atoms with E-state index in [1.807, 2.05) is 19.3 Å². The first-order chi connectivity index (χ1) is 6.06. The van der Waals surface area contributed by atoms with E-state index in [1.165, 1.54) is 18.4 Å². The first-order valence-electron chi connectivity index (χ1n) is 4.85. The number of hydrogen-bond donors (Lipinski definition) is 0. The number of hydrogen-bond acceptors (Lipinski definition) is 2. The van der Waals surface area contributed by atoms with E-state index in [4.69, 9.17) is 0 Å². The zero-order valence-electron chi connectivity index (χ0n) is 8.96. The van der Waals surface area contributed by atoms with Crippen LogP contribution < -0.4 is 0 Å². The van der Waals surface area contributed by atoms with Gasteiger partial charge in [0.15, 0.2) is 0 Å². The quantitative estimate of drug-likeness (QED) is 0.711. The van der Waals surface area contributed by atoms with Crippen molar-refractivity contribution in [3.05, 3.63) is 23.8 Å². The van der Waals surface area contributed by atoms with Crippen LogP contribution in [-0.2, 0) is 5.41 Å². The van der Waals surface area contributed by atoms with Gasteiger partial charge in [-0.15, -0.1) is 0 Å². The minimum atomic E-state index is 0.211. The fraction of sp³-hybridized carbons (Fsp3) is 0.636. The van der Waals surface area contributed by atoms with Crippen LogP contribution in [0.3, 0.4) is 0 Å². The zero-order valence-corrected chi connectivity index (χ0v) is 8.96. The topological polar surface area (TPSA) is 25.8 Å². The third-order valence-corrected chi connectivity index (χ3v) is 2.44. The van der Waals surface area contributed by atoms with E-state index in [2.05, 4.69) is 30.7 Å². The SMILES string of the molecule is CCCC(C)(C)c1cnc(C)nc1. The van der Waals surface area contributed by atoms with Gasteiger partial charge < -0.3 is 0 Å². The largest absolute Gasteiger partial charge is 0.241 e. The van der Waals surface area contributed by atoms with Gasteiger partial charge in [0.05, 0.1) is 0 Å². The molecule has 2 nitrogen and oxygen atoms in total. The third-order valence-electron chi connectivity index (χ3n) is 2.44. The predicted molar refractivity (Wildman–Crippen MR) is 54.7 cm³/mol. The Balaban J connectivity index is 2.87. The molecule has 2 heteroatoms. The molecule has 0 spiro atoms. The lowest BCUT2D eigenvalue weighted by Gasteiger charge is -2.23. The summed E-state index contributed by atoms with van der Waals surface area (Å²) in [6.07, 6.45) is 6.26. The fourth-order valence-corrected chi connectivity index (χ4v) is 1.51. The smallest absolute Gasteiger partial charge is 0.125 e. The van der Waals surface area contributed by atoms with Crippen LogP contribution in [0.15, 0.2) is 12.4 Å². The molecule has 1 aromatic rings.